The minimum atomic E-state index is -0.236. The van der Waals surface area contributed by atoms with Crippen molar-refractivity contribution in [1.82, 2.24) is 14.7 Å². The van der Waals surface area contributed by atoms with Gasteiger partial charge in [0.05, 0.1) is 25.8 Å². The average Bonchev–Trinajstić information content (AvgIpc) is 3.08. The SMILES string of the molecule is C=C1C(C)=C(C)C(c2cc(OC)c(CN3CCC(Cc4cccc5c4CCN(C(=O)/C(C#N)=C/C(C)(C)C)C5C)CC3)c(OC)c2)=CN1C. The van der Waals surface area contributed by atoms with Crippen LogP contribution in [0.4, 0.5) is 0 Å². The van der Waals surface area contributed by atoms with Crippen molar-refractivity contribution < 1.29 is 14.3 Å². The number of carbonyl (C=O) groups is 1. The first kappa shape index (κ1) is 36.0. The van der Waals surface area contributed by atoms with Crippen LogP contribution in [0, 0.1) is 22.7 Å². The highest BCUT2D eigenvalue weighted by atomic mass is 16.5. The third-order valence-corrected chi connectivity index (χ3v) is 10.7. The number of allylic oxidation sites excluding steroid dienone is 4. The maximum Gasteiger partial charge on any atom is 0.264 e. The number of ether oxygens (including phenoxy) is 2. The molecule has 49 heavy (non-hydrogen) atoms. The van der Waals surface area contributed by atoms with Gasteiger partial charge in [-0.15, -0.1) is 0 Å². The third-order valence-electron chi connectivity index (χ3n) is 10.7. The summed E-state index contributed by atoms with van der Waals surface area (Å²) >= 11 is 0. The number of rotatable bonds is 8. The van der Waals surface area contributed by atoms with Gasteiger partial charge in [-0.1, -0.05) is 51.6 Å². The molecule has 0 radical (unpaired) electrons. The molecule has 0 saturated carbocycles. The van der Waals surface area contributed by atoms with Gasteiger partial charge in [0.1, 0.15) is 23.1 Å². The quantitative estimate of drug-likeness (QED) is 0.210. The molecule has 260 valence electrons. The van der Waals surface area contributed by atoms with Gasteiger partial charge in [-0.3, -0.25) is 9.69 Å². The molecular weight excluding hydrogens is 608 g/mol. The van der Waals surface area contributed by atoms with Gasteiger partial charge < -0.3 is 19.3 Å². The molecule has 0 bridgehead atoms. The molecule has 1 fully saturated rings. The lowest BCUT2D eigenvalue weighted by atomic mass is 9.83. The van der Waals surface area contributed by atoms with E-state index in [0.717, 1.165) is 79.2 Å². The normalized spacial score (nSPS) is 19.4. The highest BCUT2D eigenvalue weighted by molar-refractivity contribution is 5.97. The molecule has 3 aliphatic rings. The van der Waals surface area contributed by atoms with Crippen LogP contribution in [0.15, 0.2) is 71.6 Å². The minimum absolute atomic E-state index is 0.0650. The largest absolute Gasteiger partial charge is 0.496 e. The number of nitriles is 1. The Morgan fingerprint density at radius 2 is 1.71 bits per heavy atom. The van der Waals surface area contributed by atoms with Crippen LogP contribution >= 0.6 is 0 Å². The number of carbonyl (C=O) groups excluding carboxylic acids is 1. The lowest BCUT2D eigenvalue weighted by Crippen LogP contribution is -2.40. The number of nitrogens with zero attached hydrogens (tertiary/aromatic N) is 4. The van der Waals surface area contributed by atoms with Crippen LogP contribution in [-0.4, -0.2) is 61.5 Å². The van der Waals surface area contributed by atoms with E-state index >= 15 is 0 Å². The molecule has 1 amide bonds. The number of fused-ring (bicyclic) bond motifs is 1. The van der Waals surface area contributed by atoms with Gasteiger partial charge in [-0.2, -0.15) is 5.26 Å². The molecule has 1 unspecified atom stereocenters. The maximum atomic E-state index is 13.4. The van der Waals surface area contributed by atoms with Gasteiger partial charge in [0, 0.05) is 37.6 Å². The number of hydrogen-bond donors (Lipinski definition) is 0. The van der Waals surface area contributed by atoms with Crippen molar-refractivity contribution in [2.45, 2.75) is 79.8 Å². The van der Waals surface area contributed by atoms with Crippen LogP contribution in [0.5, 0.6) is 11.5 Å². The molecule has 7 nitrogen and oxygen atoms in total. The Hall–Kier alpha value is -4.28. The zero-order valence-corrected chi connectivity index (χ0v) is 31.1. The second kappa shape index (κ2) is 14.7. The predicted octanol–water partition coefficient (Wildman–Crippen LogP) is 8.24. The Morgan fingerprint density at radius 1 is 1.06 bits per heavy atom. The van der Waals surface area contributed by atoms with Crippen molar-refractivity contribution in [3.63, 3.8) is 0 Å². The molecule has 0 aliphatic carbocycles. The van der Waals surface area contributed by atoms with Crippen molar-refractivity contribution in [2.24, 2.45) is 11.3 Å². The summed E-state index contributed by atoms with van der Waals surface area (Å²) in [7, 11) is 5.52. The van der Waals surface area contributed by atoms with Gasteiger partial charge in [0.25, 0.3) is 5.91 Å². The first-order chi connectivity index (χ1) is 23.3. The van der Waals surface area contributed by atoms with E-state index in [1.54, 1.807) is 20.3 Å². The summed E-state index contributed by atoms with van der Waals surface area (Å²) in [4.78, 5) is 19.9. The van der Waals surface area contributed by atoms with E-state index in [0.29, 0.717) is 12.5 Å². The van der Waals surface area contributed by atoms with Gasteiger partial charge >= 0.3 is 0 Å². The molecule has 3 heterocycles. The maximum absolute atomic E-state index is 13.4. The van der Waals surface area contributed by atoms with Crippen LogP contribution in [-0.2, 0) is 24.2 Å². The molecule has 0 N–H and O–H groups in total. The van der Waals surface area contributed by atoms with Gasteiger partial charge in [-0.05, 0) is 116 Å². The number of piperidine rings is 1. The molecule has 5 rings (SSSR count). The topological polar surface area (TPSA) is 69.0 Å². The summed E-state index contributed by atoms with van der Waals surface area (Å²) in [6.07, 6.45) is 8.06. The van der Waals surface area contributed by atoms with E-state index in [1.807, 2.05) is 32.7 Å². The summed E-state index contributed by atoms with van der Waals surface area (Å²) in [5, 5.41) is 9.75. The third kappa shape index (κ3) is 7.65. The zero-order valence-electron chi connectivity index (χ0n) is 31.1. The fourth-order valence-corrected chi connectivity index (χ4v) is 7.66. The molecule has 3 aliphatic heterocycles. The molecule has 2 aromatic carbocycles. The monoisotopic (exact) mass is 662 g/mol. The predicted molar refractivity (Wildman–Crippen MR) is 198 cm³/mol. The summed E-state index contributed by atoms with van der Waals surface area (Å²) < 4.78 is 11.9. The molecule has 1 saturated heterocycles. The Kier molecular flexibility index (Phi) is 10.8. The highest BCUT2D eigenvalue weighted by Gasteiger charge is 2.32. The Labute approximate surface area is 294 Å². The van der Waals surface area contributed by atoms with Gasteiger partial charge in [0.2, 0.25) is 0 Å². The Bertz CT molecular complexity index is 1720. The fourth-order valence-electron chi connectivity index (χ4n) is 7.66. The molecular formula is C42H54N4O3. The molecule has 1 atom stereocenters. The molecule has 0 aromatic heterocycles. The summed E-state index contributed by atoms with van der Waals surface area (Å²) in [5.74, 6) is 2.14. The number of hydrogen-bond acceptors (Lipinski definition) is 6. The number of likely N-dealkylation sites (N-methyl/N-ethyl adjacent to an activating group) is 1. The minimum Gasteiger partial charge on any atom is -0.496 e. The van der Waals surface area contributed by atoms with Crippen LogP contribution in [0.25, 0.3) is 5.57 Å². The number of likely N-dealkylation sites (tertiary alicyclic amines) is 1. The number of amides is 1. The first-order valence-corrected chi connectivity index (χ1v) is 17.6. The second-order valence-electron chi connectivity index (χ2n) is 15.1. The van der Waals surface area contributed by atoms with Crippen LogP contribution in [0.3, 0.4) is 0 Å². The van der Waals surface area contributed by atoms with Crippen molar-refractivity contribution in [3.05, 3.63) is 99.4 Å². The Balaban J connectivity index is 1.26. The summed E-state index contributed by atoms with van der Waals surface area (Å²) in [5.41, 5.74) is 10.7. The van der Waals surface area contributed by atoms with Crippen molar-refractivity contribution in [1.29, 1.82) is 5.26 Å². The standard InChI is InChI=1S/C42H54N4O3/c1-27-28(2)37(25-44(8)29(27)3)33-21-39(48-9)38(40(22-33)49-10)26-45-17-14-31(15-18-45)20-32-12-11-13-35-30(4)46(19-16-36(32)35)41(47)34(24-43)23-42(5,6)7/h11-13,21-23,25,30-31H,3,14-20,26H2,1-2,4-10H3/b34-23+. The van der Waals surface area contributed by atoms with E-state index < -0.39 is 0 Å². The highest BCUT2D eigenvalue weighted by Crippen LogP contribution is 2.40. The second-order valence-corrected chi connectivity index (χ2v) is 15.1. The first-order valence-electron chi connectivity index (χ1n) is 17.6. The van der Waals surface area contributed by atoms with Gasteiger partial charge in [0.15, 0.2) is 0 Å². The van der Waals surface area contributed by atoms with E-state index in [-0.39, 0.29) is 22.9 Å². The van der Waals surface area contributed by atoms with Crippen LogP contribution in [0.1, 0.15) is 88.2 Å². The van der Waals surface area contributed by atoms with Crippen molar-refractivity contribution in [2.75, 3.05) is 40.9 Å². The van der Waals surface area contributed by atoms with E-state index in [4.69, 9.17) is 9.47 Å². The molecule has 2 aromatic rings. The lowest BCUT2D eigenvalue weighted by molar-refractivity contribution is -0.129. The molecule has 7 heteroatoms. The smallest absolute Gasteiger partial charge is 0.264 e. The van der Waals surface area contributed by atoms with Crippen molar-refractivity contribution in [3.8, 4) is 17.6 Å². The fraction of sp³-hybridized carbons (Fsp3) is 0.476. The number of benzene rings is 2. The zero-order chi connectivity index (χ0) is 35.6. The van der Waals surface area contributed by atoms with E-state index in [2.05, 4.69) is 79.8 Å². The van der Waals surface area contributed by atoms with Gasteiger partial charge in [-0.25, -0.2) is 0 Å². The van der Waals surface area contributed by atoms with E-state index in [1.165, 1.54) is 27.8 Å². The van der Waals surface area contributed by atoms with E-state index in [9.17, 15) is 10.1 Å². The summed E-state index contributed by atoms with van der Waals surface area (Å²) in [6, 6.07) is 13.0. The summed E-state index contributed by atoms with van der Waals surface area (Å²) in [6.45, 7) is 20.1. The number of methoxy groups -OCH3 is 2. The lowest BCUT2D eigenvalue weighted by Gasteiger charge is -2.37. The van der Waals surface area contributed by atoms with Crippen LogP contribution in [0.2, 0.25) is 0 Å². The average molecular weight is 663 g/mol. The van der Waals surface area contributed by atoms with Crippen molar-refractivity contribution >= 4 is 11.5 Å². The Morgan fingerprint density at radius 3 is 2.31 bits per heavy atom. The van der Waals surface area contributed by atoms with Crippen LogP contribution < -0.4 is 9.47 Å². The molecule has 0 spiro atoms.